The Bertz CT molecular complexity index is 955. The largest absolute Gasteiger partial charge is 0.368 e. The van der Waals surface area contributed by atoms with Crippen molar-refractivity contribution in [1.82, 2.24) is 30.2 Å². The maximum atomic E-state index is 12.2. The van der Waals surface area contributed by atoms with Gasteiger partial charge in [-0.3, -0.25) is 4.79 Å². The summed E-state index contributed by atoms with van der Waals surface area (Å²) in [6, 6.07) is 3.83. The summed E-state index contributed by atoms with van der Waals surface area (Å²) in [6.45, 7) is 10.2. The zero-order valence-corrected chi connectivity index (χ0v) is 16.1. The standard InChI is InChI=1S/C18H23N7O2/c1-10-8-11(2)25(23-10)16-9-15(21-14(5)22-16)19-6-7-20-18(26)17-12(3)24-27-13(17)4/h8-9H,6-7H2,1-5H3,(H,20,26)(H,19,21,22). The van der Waals surface area contributed by atoms with Gasteiger partial charge in [-0.25, -0.2) is 14.6 Å². The summed E-state index contributed by atoms with van der Waals surface area (Å²) in [6.07, 6.45) is 0. The summed E-state index contributed by atoms with van der Waals surface area (Å²) >= 11 is 0. The van der Waals surface area contributed by atoms with E-state index < -0.39 is 0 Å². The van der Waals surface area contributed by atoms with Crippen molar-refractivity contribution in [2.24, 2.45) is 0 Å². The minimum absolute atomic E-state index is 0.199. The molecule has 1 amide bonds. The molecule has 9 nitrogen and oxygen atoms in total. The zero-order valence-electron chi connectivity index (χ0n) is 16.1. The van der Waals surface area contributed by atoms with E-state index in [-0.39, 0.29) is 5.91 Å². The lowest BCUT2D eigenvalue weighted by Crippen LogP contribution is -2.29. The van der Waals surface area contributed by atoms with Crippen molar-refractivity contribution < 1.29 is 9.32 Å². The Kier molecular flexibility index (Phi) is 5.20. The smallest absolute Gasteiger partial charge is 0.256 e. The second kappa shape index (κ2) is 7.56. The molecule has 0 bridgehead atoms. The molecule has 3 aromatic rings. The van der Waals surface area contributed by atoms with Crippen LogP contribution < -0.4 is 10.6 Å². The summed E-state index contributed by atoms with van der Waals surface area (Å²) < 4.78 is 6.81. The molecule has 0 aliphatic rings. The van der Waals surface area contributed by atoms with Gasteiger partial charge in [0, 0.05) is 24.8 Å². The molecular formula is C18H23N7O2. The first-order valence-corrected chi connectivity index (χ1v) is 8.69. The minimum Gasteiger partial charge on any atom is -0.368 e. The Morgan fingerprint density at radius 3 is 2.52 bits per heavy atom. The van der Waals surface area contributed by atoms with Crippen LogP contribution in [0.4, 0.5) is 5.82 Å². The summed E-state index contributed by atoms with van der Waals surface area (Å²) in [7, 11) is 0. The molecule has 0 fully saturated rings. The molecule has 0 aliphatic carbocycles. The Hall–Kier alpha value is -3.23. The van der Waals surface area contributed by atoms with Crippen LogP contribution in [0.5, 0.6) is 0 Å². The van der Waals surface area contributed by atoms with Crippen molar-refractivity contribution in [1.29, 1.82) is 0 Å². The highest BCUT2D eigenvalue weighted by atomic mass is 16.5. The fourth-order valence-electron chi connectivity index (χ4n) is 2.87. The third-order valence-corrected chi connectivity index (χ3v) is 4.03. The maximum absolute atomic E-state index is 12.2. The van der Waals surface area contributed by atoms with Crippen LogP contribution >= 0.6 is 0 Å². The summed E-state index contributed by atoms with van der Waals surface area (Å²) in [4.78, 5) is 21.1. The number of aryl methyl sites for hydroxylation is 5. The van der Waals surface area contributed by atoms with Crippen LogP contribution in [-0.2, 0) is 0 Å². The Labute approximate surface area is 157 Å². The molecule has 0 unspecified atom stereocenters. The highest BCUT2D eigenvalue weighted by Crippen LogP contribution is 2.14. The highest BCUT2D eigenvalue weighted by molar-refractivity contribution is 5.96. The first-order chi connectivity index (χ1) is 12.8. The molecule has 0 aromatic carbocycles. The second-order valence-electron chi connectivity index (χ2n) is 6.38. The molecule has 0 atom stereocenters. The summed E-state index contributed by atoms with van der Waals surface area (Å²) in [5.74, 6) is 2.34. The molecule has 0 saturated heterocycles. The molecular weight excluding hydrogens is 346 g/mol. The Morgan fingerprint density at radius 1 is 1.11 bits per heavy atom. The van der Waals surface area contributed by atoms with E-state index in [9.17, 15) is 4.79 Å². The van der Waals surface area contributed by atoms with Crippen LogP contribution in [0.2, 0.25) is 0 Å². The minimum atomic E-state index is -0.199. The summed E-state index contributed by atoms with van der Waals surface area (Å²) in [5.41, 5.74) is 3.00. The first-order valence-electron chi connectivity index (χ1n) is 8.69. The van der Waals surface area contributed by atoms with Gasteiger partial charge in [0.05, 0.1) is 11.4 Å². The van der Waals surface area contributed by atoms with Gasteiger partial charge in [-0.15, -0.1) is 0 Å². The number of nitrogens with zero attached hydrogens (tertiary/aromatic N) is 5. The van der Waals surface area contributed by atoms with E-state index in [1.807, 2.05) is 32.9 Å². The molecule has 0 saturated carbocycles. The van der Waals surface area contributed by atoms with Crippen molar-refractivity contribution >= 4 is 11.7 Å². The molecule has 0 radical (unpaired) electrons. The highest BCUT2D eigenvalue weighted by Gasteiger charge is 2.16. The first kappa shape index (κ1) is 18.6. The van der Waals surface area contributed by atoms with Crippen molar-refractivity contribution in [3.05, 3.63) is 46.4 Å². The lowest BCUT2D eigenvalue weighted by atomic mass is 10.2. The monoisotopic (exact) mass is 369 g/mol. The molecule has 27 heavy (non-hydrogen) atoms. The van der Waals surface area contributed by atoms with Gasteiger partial charge in [-0.1, -0.05) is 5.16 Å². The Balaban J connectivity index is 1.62. The second-order valence-corrected chi connectivity index (χ2v) is 6.38. The number of carbonyl (C=O) groups excluding carboxylic acids is 1. The number of aromatic nitrogens is 5. The third kappa shape index (κ3) is 4.13. The van der Waals surface area contributed by atoms with E-state index in [1.165, 1.54) is 0 Å². The maximum Gasteiger partial charge on any atom is 0.256 e. The molecule has 3 heterocycles. The van der Waals surface area contributed by atoms with Crippen LogP contribution in [0.1, 0.15) is 39.0 Å². The van der Waals surface area contributed by atoms with Crippen molar-refractivity contribution in [2.45, 2.75) is 34.6 Å². The topological polar surface area (TPSA) is 111 Å². The fourth-order valence-corrected chi connectivity index (χ4v) is 2.87. The lowest BCUT2D eigenvalue weighted by molar-refractivity contribution is 0.0953. The van der Waals surface area contributed by atoms with Gasteiger partial charge in [-0.05, 0) is 40.7 Å². The van der Waals surface area contributed by atoms with Crippen molar-refractivity contribution in [3.63, 3.8) is 0 Å². The number of amides is 1. The van der Waals surface area contributed by atoms with Crippen LogP contribution in [0, 0.1) is 34.6 Å². The zero-order chi connectivity index (χ0) is 19.6. The van der Waals surface area contributed by atoms with Crippen LogP contribution in [0.25, 0.3) is 5.82 Å². The molecule has 3 aromatic heterocycles. The molecule has 0 aliphatic heterocycles. The number of hydrogen-bond donors (Lipinski definition) is 2. The van der Waals surface area contributed by atoms with E-state index in [2.05, 4.69) is 30.9 Å². The van der Waals surface area contributed by atoms with E-state index in [1.54, 1.807) is 18.5 Å². The molecule has 2 N–H and O–H groups in total. The molecule has 0 spiro atoms. The van der Waals surface area contributed by atoms with Gasteiger partial charge < -0.3 is 15.2 Å². The predicted octanol–water partition coefficient (Wildman–Crippen LogP) is 2.03. The normalized spacial score (nSPS) is 10.9. The molecule has 142 valence electrons. The molecule has 9 heteroatoms. The molecule has 3 rings (SSSR count). The average molecular weight is 369 g/mol. The van der Waals surface area contributed by atoms with Gasteiger partial charge in [0.1, 0.15) is 23.0 Å². The van der Waals surface area contributed by atoms with Crippen molar-refractivity contribution in [2.75, 3.05) is 18.4 Å². The van der Waals surface area contributed by atoms with E-state index in [0.29, 0.717) is 47.6 Å². The van der Waals surface area contributed by atoms with Crippen LogP contribution in [-0.4, -0.2) is 43.9 Å². The number of rotatable bonds is 6. The van der Waals surface area contributed by atoms with Gasteiger partial charge in [0.2, 0.25) is 0 Å². The van der Waals surface area contributed by atoms with Gasteiger partial charge in [0.15, 0.2) is 5.82 Å². The lowest BCUT2D eigenvalue weighted by Gasteiger charge is -2.10. The fraction of sp³-hybridized carbons (Fsp3) is 0.389. The van der Waals surface area contributed by atoms with E-state index >= 15 is 0 Å². The van der Waals surface area contributed by atoms with E-state index in [0.717, 1.165) is 11.4 Å². The number of anilines is 1. The number of nitrogens with one attached hydrogen (secondary N) is 2. The SMILES string of the molecule is Cc1cc(C)n(-c2cc(NCCNC(=O)c3c(C)noc3C)nc(C)n2)n1. The Morgan fingerprint density at radius 2 is 1.89 bits per heavy atom. The van der Waals surface area contributed by atoms with Crippen LogP contribution in [0.3, 0.4) is 0 Å². The summed E-state index contributed by atoms with van der Waals surface area (Å²) in [5, 5.41) is 14.3. The predicted molar refractivity (Wildman–Crippen MR) is 100 cm³/mol. The van der Waals surface area contributed by atoms with Gasteiger partial charge >= 0.3 is 0 Å². The van der Waals surface area contributed by atoms with E-state index in [4.69, 9.17) is 4.52 Å². The third-order valence-electron chi connectivity index (χ3n) is 4.03. The number of carbonyl (C=O) groups is 1. The van der Waals surface area contributed by atoms with Crippen molar-refractivity contribution in [3.8, 4) is 5.82 Å². The van der Waals surface area contributed by atoms with Gasteiger partial charge in [-0.2, -0.15) is 5.10 Å². The van der Waals surface area contributed by atoms with Crippen LogP contribution in [0.15, 0.2) is 16.7 Å². The number of hydrogen-bond acceptors (Lipinski definition) is 7. The quantitative estimate of drug-likeness (QED) is 0.640. The van der Waals surface area contributed by atoms with Gasteiger partial charge in [0.25, 0.3) is 5.91 Å². The average Bonchev–Trinajstić information content (AvgIpc) is 3.12.